The first-order valence-corrected chi connectivity index (χ1v) is 4.10. The van der Waals surface area contributed by atoms with Crippen molar-refractivity contribution in [1.29, 1.82) is 0 Å². The van der Waals surface area contributed by atoms with Crippen molar-refractivity contribution in [3.63, 3.8) is 0 Å². The van der Waals surface area contributed by atoms with Crippen molar-refractivity contribution in [2.75, 3.05) is 19.0 Å². The molecule has 0 aliphatic carbocycles. The quantitative estimate of drug-likeness (QED) is 0.714. The number of ether oxygens (including phenoxy) is 1. The van der Waals surface area contributed by atoms with E-state index < -0.39 is 0 Å². The molecule has 0 unspecified atom stereocenters. The zero-order chi connectivity index (χ0) is 9.68. The van der Waals surface area contributed by atoms with E-state index in [4.69, 9.17) is 4.74 Å². The Labute approximate surface area is 77.7 Å². The second kappa shape index (κ2) is 4.50. The van der Waals surface area contributed by atoms with Crippen LogP contribution in [0.5, 0.6) is 5.75 Å². The van der Waals surface area contributed by atoms with Crippen LogP contribution in [0, 0.1) is 6.92 Å². The number of nitrogens with one attached hydrogen (secondary N) is 1. The minimum absolute atomic E-state index is 0.307. The molecule has 0 amide bonds. The molecule has 1 rings (SSSR count). The molecule has 0 aromatic heterocycles. The lowest BCUT2D eigenvalue weighted by Crippen LogP contribution is -2.05. The summed E-state index contributed by atoms with van der Waals surface area (Å²) < 4.78 is 5.14. The molecule has 13 heavy (non-hydrogen) atoms. The zero-order valence-corrected chi connectivity index (χ0v) is 7.83. The number of para-hydroxylation sites is 1. The average molecular weight is 179 g/mol. The summed E-state index contributed by atoms with van der Waals surface area (Å²) in [6.07, 6.45) is 0.825. The van der Waals surface area contributed by atoms with E-state index in [1.54, 1.807) is 7.11 Å². The van der Waals surface area contributed by atoms with E-state index in [9.17, 15) is 4.79 Å². The highest BCUT2D eigenvalue weighted by molar-refractivity contribution is 5.66. The molecule has 1 aromatic carbocycles. The molecule has 0 heterocycles. The second-order valence-corrected chi connectivity index (χ2v) is 2.70. The van der Waals surface area contributed by atoms with Crippen molar-refractivity contribution in [3.05, 3.63) is 23.8 Å². The van der Waals surface area contributed by atoms with Crippen LogP contribution in [0.1, 0.15) is 5.56 Å². The molecule has 0 aliphatic rings. The first-order chi connectivity index (χ1) is 6.29. The molecule has 0 spiro atoms. The maximum absolute atomic E-state index is 10.2. The standard InChI is InChI=1S/C10H13NO2/c1-8-4-3-5-9(13-2)10(8)11-6-7-12/h3-5,7,11H,6H2,1-2H3. The molecule has 0 bridgehead atoms. The van der Waals surface area contributed by atoms with Crippen molar-refractivity contribution in [2.24, 2.45) is 0 Å². The summed E-state index contributed by atoms with van der Waals surface area (Å²) in [5.74, 6) is 0.766. The molecule has 0 saturated heterocycles. The van der Waals surface area contributed by atoms with Crippen molar-refractivity contribution in [3.8, 4) is 5.75 Å². The molecule has 0 radical (unpaired) electrons. The highest BCUT2D eigenvalue weighted by atomic mass is 16.5. The van der Waals surface area contributed by atoms with E-state index in [2.05, 4.69) is 5.32 Å². The van der Waals surface area contributed by atoms with Crippen molar-refractivity contribution in [2.45, 2.75) is 6.92 Å². The van der Waals surface area contributed by atoms with E-state index in [0.717, 1.165) is 23.3 Å². The van der Waals surface area contributed by atoms with Crippen LogP contribution in [0.15, 0.2) is 18.2 Å². The van der Waals surface area contributed by atoms with Crippen LogP contribution in [0.25, 0.3) is 0 Å². The minimum Gasteiger partial charge on any atom is -0.495 e. The normalized spacial score (nSPS) is 9.38. The van der Waals surface area contributed by atoms with E-state index in [0.29, 0.717) is 6.54 Å². The summed E-state index contributed by atoms with van der Waals surface area (Å²) in [5, 5.41) is 2.99. The largest absolute Gasteiger partial charge is 0.495 e. The predicted molar refractivity (Wildman–Crippen MR) is 52.3 cm³/mol. The molecule has 3 nitrogen and oxygen atoms in total. The highest BCUT2D eigenvalue weighted by Gasteiger charge is 2.03. The topological polar surface area (TPSA) is 38.3 Å². The lowest BCUT2D eigenvalue weighted by molar-refractivity contribution is -0.106. The Balaban J connectivity index is 2.93. The summed E-state index contributed by atoms with van der Waals surface area (Å²) in [4.78, 5) is 10.2. The van der Waals surface area contributed by atoms with Gasteiger partial charge in [0.1, 0.15) is 12.0 Å². The third-order valence-electron chi connectivity index (χ3n) is 1.82. The predicted octanol–water partition coefficient (Wildman–Crippen LogP) is 1.61. The van der Waals surface area contributed by atoms with Gasteiger partial charge in [-0.3, -0.25) is 0 Å². The van der Waals surface area contributed by atoms with Gasteiger partial charge in [0.25, 0.3) is 0 Å². The number of hydrogen-bond acceptors (Lipinski definition) is 3. The van der Waals surface area contributed by atoms with Crippen LogP contribution in [-0.2, 0) is 4.79 Å². The van der Waals surface area contributed by atoms with E-state index in [-0.39, 0.29) is 0 Å². The fourth-order valence-corrected chi connectivity index (χ4v) is 1.18. The smallest absolute Gasteiger partial charge is 0.142 e. The lowest BCUT2D eigenvalue weighted by atomic mass is 10.2. The molecule has 1 aromatic rings. The summed E-state index contributed by atoms with van der Waals surface area (Å²) in [5.41, 5.74) is 1.96. The summed E-state index contributed by atoms with van der Waals surface area (Å²) >= 11 is 0. The van der Waals surface area contributed by atoms with Gasteiger partial charge in [0.15, 0.2) is 0 Å². The van der Waals surface area contributed by atoms with Crippen molar-refractivity contribution in [1.82, 2.24) is 0 Å². The fraction of sp³-hybridized carbons (Fsp3) is 0.300. The van der Waals surface area contributed by atoms with E-state index >= 15 is 0 Å². The molecule has 70 valence electrons. The first-order valence-electron chi connectivity index (χ1n) is 4.10. The first kappa shape index (κ1) is 9.58. The average Bonchev–Trinajstić information content (AvgIpc) is 2.15. The second-order valence-electron chi connectivity index (χ2n) is 2.70. The van der Waals surface area contributed by atoms with Crippen LogP contribution in [0.4, 0.5) is 5.69 Å². The SMILES string of the molecule is COc1cccc(C)c1NCC=O. The van der Waals surface area contributed by atoms with E-state index in [1.165, 1.54) is 0 Å². The lowest BCUT2D eigenvalue weighted by Gasteiger charge is -2.11. The number of benzene rings is 1. The number of methoxy groups -OCH3 is 1. The van der Waals surface area contributed by atoms with Gasteiger partial charge in [-0.25, -0.2) is 0 Å². The number of aryl methyl sites for hydroxylation is 1. The molecule has 0 saturated carbocycles. The third kappa shape index (κ3) is 2.21. The fourth-order valence-electron chi connectivity index (χ4n) is 1.18. The Kier molecular flexibility index (Phi) is 3.31. The number of aldehydes is 1. The number of carbonyl (C=O) groups is 1. The molecule has 1 N–H and O–H groups in total. The van der Waals surface area contributed by atoms with Gasteiger partial charge < -0.3 is 14.8 Å². The van der Waals surface area contributed by atoms with Gasteiger partial charge in [-0.05, 0) is 18.6 Å². The number of hydrogen-bond donors (Lipinski definition) is 1. The number of anilines is 1. The molecular formula is C10H13NO2. The van der Waals surface area contributed by atoms with Gasteiger partial charge in [0.2, 0.25) is 0 Å². The van der Waals surface area contributed by atoms with Crippen molar-refractivity contribution >= 4 is 12.0 Å². The third-order valence-corrected chi connectivity index (χ3v) is 1.82. The van der Waals surface area contributed by atoms with Gasteiger partial charge in [0.05, 0.1) is 19.3 Å². The Morgan fingerprint density at radius 1 is 1.54 bits per heavy atom. The molecule has 0 atom stereocenters. The van der Waals surface area contributed by atoms with Crippen LogP contribution in [0.2, 0.25) is 0 Å². The molecule has 0 fully saturated rings. The monoisotopic (exact) mass is 179 g/mol. The molecule has 3 heteroatoms. The van der Waals surface area contributed by atoms with Crippen LogP contribution < -0.4 is 10.1 Å². The molecule has 0 aliphatic heterocycles. The van der Waals surface area contributed by atoms with Crippen LogP contribution >= 0.6 is 0 Å². The van der Waals surface area contributed by atoms with Gasteiger partial charge >= 0.3 is 0 Å². The maximum Gasteiger partial charge on any atom is 0.142 e. The zero-order valence-electron chi connectivity index (χ0n) is 7.83. The summed E-state index contributed by atoms with van der Waals surface area (Å²) in [6.45, 7) is 2.27. The number of rotatable bonds is 4. The maximum atomic E-state index is 10.2. The van der Waals surface area contributed by atoms with Crippen LogP contribution in [-0.4, -0.2) is 19.9 Å². The summed E-state index contributed by atoms with van der Waals surface area (Å²) in [6, 6.07) is 5.75. The highest BCUT2D eigenvalue weighted by Crippen LogP contribution is 2.26. The molecular weight excluding hydrogens is 166 g/mol. The van der Waals surface area contributed by atoms with Gasteiger partial charge in [-0.2, -0.15) is 0 Å². The Morgan fingerprint density at radius 3 is 2.92 bits per heavy atom. The van der Waals surface area contributed by atoms with Crippen molar-refractivity contribution < 1.29 is 9.53 Å². The Bertz CT molecular complexity index is 297. The van der Waals surface area contributed by atoms with Crippen LogP contribution in [0.3, 0.4) is 0 Å². The van der Waals surface area contributed by atoms with Gasteiger partial charge in [-0.15, -0.1) is 0 Å². The Hall–Kier alpha value is -1.51. The Morgan fingerprint density at radius 2 is 2.31 bits per heavy atom. The van der Waals surface area contributed by atoms with Gasteiger partial charge in [-0.1, -0.05) is 12.1 Å². The van der Waals surface area contributed by atoms with Gasteiger partial charge in [0, 0.05) is 0 Å². The minimum atomic E-state index is 0.307. The van der Waals surface area contributed by atoms with E-state index in [1.807, 2.05) is 25.1 Å². The summed E-state index contributed by atoms with van der Waals surface area (Å²) in [7, 11) is 1.61. The number of carbonyl (C=O) groups excluding carboxylic acids is 1.